The third kappa shape index (κ3) is 5.95. The van der Waals surface area contributed by atoms with Crippen LogP contribution in [0.5, 0.6) is 17.2 Å². The molecule has 0 aromatic heterocycles. The fraction of sp³-hybridized carbons (Fsp3) is 0.278. The van der Waals surface area contributed by atoms with E-state index in [1.807, 2.05) is 0 Å². The fourth-order valence-corrected chi connectivity index (χ4v) is 2.34. The zero-order valence-corrected chi connectivity index (χ0v) is 15.2. The summed E-state index contributed by atoms with van der Waals surface area (Å²) in [5, 5.41) is 12.9. The van der Waals surface area contributed by atoms with E-state index in [-0.39, 0.29) is 18.2 Å². The molecule has 2 aromatic carbocycles. The van der Waals surface area contributed by atoms with Crippen LogP contribution in [-0.4, -0.2) is 38.2 Å². The van der Waals surface area contributed by atoms with Crippen LogP contribution in [0.4, 0.5) is 18.9 Å². The Labute approximate surface area is 159 Å². The Hall–Kier alpha value is -3.14. The molecule has 0 saturated heterocycles. The Balaban J connectivity index is 2.11. The van der Waals surface area contributed by atoms with Crippen LogP contribution in [0.15, 0.2) is 47.5 Å². The minimum atomic E-state index is -4.84. The Morgan fingerprint density at radius 2 is 1.86 bits per heavy atom. The van der Waals surface area contributed by atoms with Crippen LogP contribution in [0.3, 0.4) is 0 Å². The van der Waals surface area contributed by atoms with Gasteiger partial charge in [0.15, 0.2) is 11.7 Å². The lowest BCUT2D eigenvalue weighted by Crippen LogP contribution is -2.25. The summed E-state index contributed by atoms with van der Waals surface area (Å²) in [4.78, 5) is 3.96. The van der Waals surface area contributed by atoms with E-state index in [1.165, 1.54) is 32.4 Å². The molecule has 7 nitrogen and oxygen atoms in total. The number of alkyl halides is 3. The van der Waals surface area contributed by atoms with Crippen molar-refractivity contribution in [3.63, 3.8) is 0 Å². The highest BCUT2D eigenvalue weighted by molar-refractivity contribution is 5.93. The maximum absolute atomic E-state index is 12.5. The molecule has 28 heavy (non-hydrogen) atoms. The third-order valence-corrected chi connectivity index (χ3v) is 3.61. The molecule has 4 N–H and O–H groups in total. The van der Waals surface area contributed by atoms with Gasteiger partial charge in [0.1, 0.15) is 17.6 Å². The predicted molar refractivity (Wildman–Crippen MR) is 97.7 cm³/mol. The zero-order valence-electron chi connectivity index (χ0n) is 15.2. The van der Waals surface area contributed by atoms with Gasteiger partial charge >= 0.3 is 6.36 Å². The highest BCUT2D eigenvalue weighted by Gasteiger charge is 2.32. The zero-order chi connectivity index (χ0) is 20.7. The number of nitrogens with two attached hydrogens (primary N) is 1. The number of nitrogens with one attached hydrogen (secondary N) is 1. The first kappa shape index (κ1) is 21.2. The fourth-order valence-electron chi connectivity index (χ4n) is 2.34. The van der Waals surface area contributed by atoms with Crippen LogP contribution >= 0.6 is 0 Å². The summed E-state index contributed by atoms with van der Waals surface area (Å²) < 4.78 is 51.6. The van der Waals surface area contributed by atoms with Crippen molar-refractivity contribution in [2.75, 3.05) is 26.1 Å². The molecule has 0 heterocycles. The van der Waals surface area contributed by atoms with Gasteiger partial charge in [-0.15, -0.1) is 13.2 Å². The van der Waals surface area contributed by atoms with Crippen LogP contribution in [0.25, 0.3) is 0 Å². The molecular formula is C18H20F3N3O4. The quantitative estimate of drug-likeness (QED) is 0.489. The molecule has 0 spiro atoms. The van der Waals surface area contributed by atoms with Crippen molar-refractivity contribution in [1.29, 1.82) is 0 Å². The van der Waals surface area contributed by atoms with Crippen molar-refractivity contribution in [3.05, 3.63) is 48.0 Å². The SMILES string of the molecule is COc1ccc(OC)c(C(O)CN=C(N)Nc2ccccc2OC(F)(F)F)c1. The molecule has 2 rings (SSSR count). The van der Waals surface area contributed by atoms with Crippen molar-refractivity contribution in [1.82, 2.24) is 0 Å². The lowest BCUT2D eigenvalue weighted by molar-refractivity contribution is -0.274. The minimum Gasteiger partial charge on any atom is -0.497 e. The van der Waals surface area contributed by atoms with Gasteiger partial charge in [0.2, 0.25) is 0 Å². The summed E-state index contributed by atoms with van der Waals surface area (Å²) in [6, 6.07) is 10.3. The lowest BCUT2D eigenvalue weighted by Gasteiger charge is -2.16. The first-order valence-corrected chi connectivity index (χ1v) is 8.05. The standard InChI is InChI=1S/C18H20F3N3O4/c1-26-11-7-8-15(27-2)12(9-11)14(25)10-23-17(22)24-13-5-3-4-6-16(13)28-18(19,20)21/h3-9,14,25H,10H2,1-2H3,(H3,22,23,24). The van der Waals surface area contributed by atoms with Gasteiger partial charge in [-0.1, -0.05) is 12.1 Å². The molecule has 0 bridgehead atoms. The van der Waals surface area contributed by atoms with Crippen molar-refractivity contribution in [2.24, 2.45) is 10.7 Å². The Morgan fingerprint density at radius 3 is 2.50 bits per heavy atom. The number of rotatable bonds is 7. The first-order valence-electron chi connectivity index (χ1n) is 8.05. The highest BCUT2D eigenvalue weighted by Crippen LogP contribution is 2.31. The molecule has 0 aliphatic heterocycles. The second-order valence-electron chi connectivity index (χ2n) is 5.52. The van der Waals surface area contributed by atoms with Gasteiger partial charge in [-0.2, -0.15) is 0 Å². The van der Waals surface area contributed by atoms with Crippen molar-refractivity contribution in [3.8, 4) is 17.2 Å². The number of hydrogen-bond acceptors (Lipinski definition) is 5. The van der Waals surface area contributed by atoms with Crippen LogP contribution in [0, 0.1) is 0 Å². The van der Waals surface area contributed by atoms with Crippen LogP contribution in [0.1, 0.15) is 11.7 Å². The summed E-state index contributed by atoms with van der Waals surface area (Å²) >= 11 is 0. The second-order valence-corrected chi connectivity index (χ2v) is 5.52. The summed E-state index contributed by atoms with van der Waals surface area (Å²) in [7, 11) is 2.94. The normalized spacial score (nSPS) is 13.0. The predicted octanol–water partition coefficient (Wildman–Crippen LogP) is 3.06. The molecule has 0 amide bonds. The van der Waals surface area contributed by atoms with E-state index in [2.05, 4.69) is 15.0 Å². The lowest BCUT2D eigenvalue weighted by atomic mass is 10.1. The number of para-hydroxylation sites is 2. The largest absolute Gasteiger partial charge is 0.573 e. The van der Waals surface area contributed by atoms with Crippen LogP contribution in [-0.2, 0) is 0 Å². The maximum Gasteiger partial charge on any atom is 0.573 e. The number of aliphatic hydroxyl groups excluding tert-OH is 1. The number of methoxy groups -OCH3 is 2. The number of nitrogens with zero attached hydrogens (tertiary/aromatic N) is 1. The van der Waals surface area contributed by atoms with E-state index in [9.17, 15) is 18.3 Å². The van der Waals surface area contributed by atoms with Gasteiger partial charge in [-0.05, 0) is 30.3 Å². The van der Waals surface area contributed by atoms with Crippen LogP contribution < -0.4 is 25.3 Å². The number of aliphatic hydroxyl groups is 1. The smallest absolute Gasteiger partial charge is 0.497 e. The third-order valence-electron chi connectivity index (χ3n) is 3.61. The topological polar surface area (TPSA) is 98.3 Å². The number of halogens is 3. The molecule has 0 aliphatic carbocycles. The van der Waals surface area contributed by atoms with E-state index in [0.29, 0.717) is 17.1 Å². The number of ether oxygens (including phenoxy) is 3. The first-order chi connectivity index (χ1) is 13.2. The summed E-state index contributed by atoms with van der Waals surface area (Å²) in [6.07, 6.45) is -5.92. The highest BCUT2D eigenvalue weighted by atomic mass is 19.4. The molecular weight excluding hydrogens is 379 g/mol. The average Bonchev–Trinajstić information content (AvgIpc) is 2.66. The molecule has 0 fully saturated rings. The number of anilines is 1. The van der Waals surface area contributed by atoms with Crippen molar-refractivity contribution in [2.45, 2.75) is 12.5 Å². The Kier molecular flexibility index (Phi) is 6.94. The number of hydrogen-bond donors (Lipinski definition) is 3. The Morgan fingerprint density at radius 1 is 1.14 bits per heavy atom. The monoisotopic (exact) mass is 399 g/mol. The number of aliphatic imine (C=N–C) groups is 1. The van der Waals surface area contributed by atoms with E-state index < -0.39 is 18.2 Å². The van der Waals surface area contributed by atoms with Gasteiger partial charge in [-0.25, -0.2) is 0 Å². The number of benzene rings is 2. The van der Waals surface area contributed by atoms with E-state index in [1.54, 1.807) is 18.2 Å². The van der Waals surface area contributed by atoms with Gasteiger partial charge in [0.05, 0.1) is 26.5 Å². The van der Waals surface area contributed by atoms with E-state index >= 15 is 0 Å². The molecule has 1 unspecified atom stereocenters. The molecule has 0 saturated carbocycles. The molecule has 0 aliphatic rings. The second kappa shape index (κ2) is 9.18. The van der Waals surface area contributed by atoms with Crippen molar-refractivity contribution >= 4 is 11.6 Å². The molecule has 2 aromatic rings. The van der Waals surface area contributed by atoms with Gasteiger partial charge in [-0.3, -0.25) is 4.99 Å². The average molecular weight is 399 g/mol. The van der Waals surface area contributed by atoms with Crippen LogP contribution in [0.2, 0.25) is 0 Å². The summed E-state index contributed by atoms with van der Waals surface area (Å²) in [6.45, 7) is -0.162. The van der Waals surface area contributed by atoms with Gasteiger partial charge in [0, 0.05) is 5.56 Å². The van der Waals surface area contributed by atoms with E-state index in [4.69, 9.17) is 15.2 Å². The Bertz CT molecular complexity index is 828. The molecule has 1 atom stereocenters. The molecule has 10 heteroatoms. The van der Waals surface area contributed by atoms with Gasteiger partial charge < -0.3 is 30.4 Å². The van der Waals surface area contributed by atoms with Gasteiger partial charge in [0.25, 0.3) is 0 Å². The summed E-state index contributed by atoms with van der Waals surface area (Å²) in [5.74, 6) is 0.296. The summed E-state index contributed by atoms with van der Waals surface area (Å²) in [5.41, 5.74) is 6.14. The maximum atomic E-state index is 12.5. The number of guanidine groups is 1. The van der Waals surface area contributed by atoms with Crippen molar-refractivity contribution < 1.29 is 32.5 Å². The van der Waals surface area contributed by atoms with E-state index in [0.717, 1.165) is 6.07 Å². The molecule has 152 valence electrons. The molecule has 0 radical (unpaired) electrons. The minimum absolute atomic E-state index is 0.0190.